The number of carbonyl (C=O) groups excluding carboxylic acids is 2. The third-order valence-electron chi connectivity index (χ3n) is 12.7. The molecule has 2 amide bonds. The number of nitrogens with zero attached hydrogens (tertiary/aromatic N) is 2. The molecule has 8 aliphatic rings. The van der Waals surface area contributed by atoms with Crippen LogP contribution in [0.15, 0.2) is 24.3 Å². The summed E-state index contributed by atoms with van der Waals surface area (Å²) in [6.07, 6.45) is 9.71. The smallest absolute Gasteiger partial charge is 0.303 e. The third-order valence-corrected chi connectivity index (χ3v) is 17.0. The average Bonchev–Trinajstić information content (AvgIpc) is 3.08. The molecule has 0 spiro atoms. The number of ether oxygens (including phenoxy) is 2. The van der Waals surface area contributed by atoms with Crippen molar-refractivity contribution in [2.45, 2.75) is 86.2 Å². The molecule has 0 aliphatic heterocycles. The summed E-state index contributed by atoms with van der Waals surface area (Å²) in [4.78, 5) is 24.1. The largest absolute Gasteiger partial charge is 0.488 e. The molecule has 8 saturated carbocycles. The van der Waals surface area contributed by atoms with Crippen molar-refractivity contribution >= 4 is 78.6 Å². The Bertz CT molecular complexity index is 2030. The van der Waals surface area contributed by atoms with Crippen LogP contribution < -0.4 is 18.9 Å². The molecule has 12 nitrogen and oxygen atoms in total. The zero-order chi connectivity index (χ0) is 42.3. The van der Waals surface area contributed by atoms with E-state index in [1.807, 2.05) is 0 Å². The Hall–Kier alpha value is -2.18. The van der Waals surface area contributed by atoms with E-state index in [0.29, 0.717) is 35.5 Å². The topological polar surface area (TPSA) is 151 Å². The fourth-order valence-corrected chi connectivity index (χ4v) is 13.2. The highest BCUT2D eigenvalue weighted by atomic mass is 35.5. The lowest BCUT2D eigenvalue weighted by Gasteiger charge is -2.57. The quantitative estimate of drug-likeness (QED) is 0.239. The van der Waals surface area contributed by atoms with Gasteiger partial charge >= 0.3 is 20.4 Å². The van der Waals surface area contributed by atoms with Crippen LogP contribution >= 0.6 is 46.4 Å². The van der Waals surface area contributed by atoms with Gasteiger partial charge in [0.2, 0.25) is 0 Å². The standard InChI is InChI=1S/2C19H23Cl2FN2O4S/c2*1-24(2)29(26,27)23-18(25)13-5-14(20)16(6-15(13)22)28-17-11-3-10-4-12(17)9-19(21,7-10)8-11/h2*5-6,10-12,17H,3-4,7-9H2,1-2H3,(H,23,25). The van der Waals surface area contributed by atoms with Crippen molar-refractivity contribution < 1.29 is 44.7 Å². The highest BCUT2D eigenvalue weighted by molar-refractivity contribution is 7.88. The van der Waals surface area contributed by atoms with E-state index in [4.69, 9.17) is 55.9 Å². The molecule has 2 N–H and O–H groups in total. The summed E-state index contributed by atoms with van der Waals surface area (Å²) in [5, 5.41) is 0.126. The van der Waals surface area contributed by atoms with Crippen molar-refractivity contribution in [2.75, 3.05) is 28.2 Å². The molecule has 8 bridgehead atoms. The molecule has 10 rings (SSSR count). The second-order valence-corrected chi connectivity index (χ2v) is 23.6. The highest BCUT2D eigenvalue weighted by Crippen LogP contribution is 2.60. The number of nitrogens with one attached hydrogen (secondary N) is 2. The lowest BCUT2D eigenvalue weighted by molar-refractivity contribution is -0.0697. The molecule has 2 aromatic carbocycles. The van der Waals surface area contributed by atoms with Crippen molar-refractivity contribution in [3.63, 3.8) is 0 Å². The predicted molar refractivity (Wildman–Crippen MR) is 216 cm³/mol. The maximum Gasteiger partial charge on any atom is 0.303 e. The molecule has 0 heterocycles. The monoisotopic (exact) mass is 928 g/mol. The van der Waals surface area contributed by atoms with Crippen LogP contribution in [0, 0.1) is 47.1 Å². The summed E-state index contributed by atoms with van der Waals surface area (Å²) in [5.41, 5.74) is -0.921. The van der Waals surface area contributed by atoms with Crippen LogP contribution in [0.25, 0.3) is 0 Å². The summed E-state index contributed by atoms with van der Waals surface area (Å²) in [5.74, 6) is -1.15. The van der Waals surface area contributed by atoms with Gasteiger partial charge in [0, 0.05) is 50.1 Å². The number of benzene rings is 2. The van der Waals surface area contributed by atoms with Gasteiger partial charge in [-0.3, -0.25) is 9.59 Å². The number of hydrogen-bond acceptors (Lipinski definition) is 8. The first kappa shape index (κ1) is 43.9. The molecule has 58 heavy (non-hydrogen) atoms. The Morgan fingerprint density at radius 3 is 1.21 bits per heavy atom. The maximum absolute atomic E-state index is 14.6. The second kappa shape index (κ2) is 15.9. The van der Waals surface area contributed by atoms with Crippen molar-refractivity contribution in [1.29, 1.82) is 0 Å². The maximum atomic E-state index is 14.6. The average molecular weight is 931 g/mol. The number of rotatable bonds is 10. The SMILES string of the molecule is CN(C)S(=O)(=O)NC(=O)c1cc(Cl)c(OC2C3CC4CC2CC(Cl)(C4)C3)cc1F.CN(C)S(=O)(=O)NC(=O)c1cc(Cl)c(OC2C3CC4CC2CC(Cl)(C4)C3)cc1F. The van der Waals surface area contributed by atoms with Gasteiger partial charge in [0.15, 0.2) is 0 Å². The van der Waals surface area contributed by atoms with Crippen LogP contribution in [0.5, 0.6) is 11.5 Å². The number of alkyl halides is 2. The first-order valence-corrected chi connectivity index (χ1v) is 23.5. The Morgan fingerprint density at radius 1 is 0.621 bits per heavy atom. The molecule has 20 heteroatoms. The van der Waals surface area contributed by atoms with E-state index in [9.17, 15) is 35.2 Å². The molecular weight excluding hydrogens is 884 g/mol. The molecular formula is C38H46Cl4F2N4O8S2. The van der Waals surface area contributed by atoms with Crippen LogP contribution in [0.3, 0.4) is 0 Å². The third kappa shape index (κ3) is 8.91. The van der Waals surface area contributed by atoms with Crippen LogP contribution in [0.1, 0.15) is 84.9 Å². The Kier molecular flexibility index (Phi) is 12.1. The number of amides is 2. The second-order valence-electron chi connectivity index (χ2n) is 17.4. The fourth-order valence-electron chi connectivity index (χ4n) is 10.5. The summed E-state index contributed by atoms with van der Waals surface area (Å²) in [6, 6.07) is 4.32. The fraction of sp³-hybridized carbons (Fsp3) is 0.632. The predicted octanol–water partition coefficient (Wildman–Crippen LogP) is 7.16. The summed E-state index contributed by atoms with van der Waals surface area (Å²) in [6.45, 7) is 0. The van der Waals surface area contributed by atoms with Gasteiger partial charge in [-0.1, -0.05) is 23.2 Å². The van der Waals surface area contributed by atoms with E-state index >= 15 is 0 Å². The summed E-state index contributed by atoms with van der Waals surface area (Å²) < 4.78 is 93.9. The Balaban J connectivity index is 0.000000177. The molecule has 4 unspecified atom stereocenters. The van der Waals surface area contributed by atoms with Gasteiger partial charge in [-0.25, -0.2) is 18.2 Å². The molecule has 0 saturated heterocycles. The van der Waals surface area contributed by atoms with E-state index in [0.717, 1.165) is 97.1 Å². The first-order chi connectivity index (χ1) is 26.9. The van der Waals surface area contributed by atoms with E-state index in [1.165, 1.54) is 28.2 Å². The van der Waals surface area contributed by atoms with Crippen molar-refractivity contribution in [1.82, 2.24) is 18.1 Å². The van der Waals surface area contributed by atoms with E-state index in [-0.39, 0.29) is 43.5 Å². The Morgan fingerprint density at radius 2 is 0.931 bits per heavy atom. The van der Waals surface area contributed by atoms with E-state index in [1.54, 1.807) is 9.44 Å². The van der Waals surface area contributed by atoms with Gasteiger partial charge < -0.3 is 9.47 Å². The number of carbonyl (C=O) groups is 2. The molecule has 0 aromatic heterocycles. The van der Waals surface area contributed by atoms with Crippen LogP contribution in [-0.4, -0.2) is 87.4 Å². The van der Waals surface area contributed by atoms with Crippen LogP contribution in [0.4, 0.5) is 8.78 Å². The van der Waals surface area contributed by atoms with Crippen molar-refractivity contribution in [3.05, 3.63) is 57.1 Å². The molecule has 0 radical (unpaired) electrons. The van der Waals surface area contributed by atoms with E-state index in [2.05, 4.69) is 0 Å². The molecule has 320 valence electrons. The minimum absolute atomic E-state index is 0.0631. The lowest BCUT2D eigenvalue weighted by atomic mass is 9.54. The number of halogens is 6. The molecule has 2 aromatic rings. The zero-order valence-electron chi connectivity index (χ0n) is 32.2. The molecule has 8 fully saturated rings. The van der Waals surface area contributed by atoms with Gasteiger partial charge in [-0.15, -0.1) is 23.2 Å². The summed E-state index contributed by atoms with van der Waals surface area (Å²) >= 11 is 26.0. The summed E-state index contributed by atoms with van der Waals surface area (Å²) in [7, 11) is -3.07. The minimum Gasteiger partial charge on any atom is -0.488 e. The minimum atomic E-state index is -4.05. The van der Waals surface area contributed by atoms with Crippen LogP contribution in [0.2, 0.25) is 10.0 Å². The van der Waals surface area contributed by atoms with Gasteiger partial charge in [0.25, 0.3) is 11.8 Å². The highest BCUT2D eigenvalue weighted by Gasteiger charge is 2.57. The molecule has 8 aliphatic carbocycles. The molecule has 4 atom stereocenters. The van der Waals surface area contributed by atoms with Crippen molar-refractivity contribution in [3.8, 4) is 11.5 Å². The van der Waals surface area contributed by atoms with Gasteiger partial charge in [0.05, 0.1) is 21.2 Å². The normalized spacial score (nSPS) is 33.2. The van der Waals surface area contributed by atoms with E-state index < -0.39 is 55.0 Å². The van der Waals surface area contributed by atoms with Gasteiger partial charge in [-0.2, -0.15) is 25.4 Å². The van der Waals surface area contributed by atoms with Gasteiger partial charge in [-0.05, 0) is 112 Å². The van der Waals surface area contributed by atoms with Crippen molar-refractivity contribution in [2.24, 2.45) is 35.5 Å². The zero-order valence-corrected chi connectivity index (χ0v) is 36.9. The number of hydrogen-bond donors (Lipinski definition) is 2. The Labute approximate surface area is 357 Å². The van der Waals surface area contributed by atoms with Crippen LogP contribution in [-0.2, 0) is 20.4 Å². The first-order valence-electron chi connectivity index (χ1n) is 19.1. The van der Waals surface area contributed by atoms with Gasteiger partial charge in [0.1, 0.15) is 35.3 Å². The lowest BCUT2D eigenvalue weighted by Crippen LogP contribution is -2.56.